The van der Waals surface area contributed by atoms with Crippen molar-refractivity contribution in [2.24, 2.45) is 0 Å². The van der Waals surface area contributed by atoms with Gasteiger partial charge in [-0.05, 0) is 61.9 Å². The topological polar surface area (TPSA) is 79.8 Å². The van der Waals surface area contributed by atoms with Crippen LogP contribution in [0.4, 0.5) is 17.3 Å². The van der Waals surface area contributed by atoms with Crippen LogP contribution >= 0.6 is 0 Å². The lowest BCUT2D eigenvalue weighted by Crippen LogP contribution is -2.12. The van der Waals surface area contributed by atoms with E-state index in [2.05, 4.69) is 25.6 Å². The van der Waals surface area contributed by atoms with Gasteiger partial charge in [-0.25, -0.2) is 9.97 Å². The summed E-state index contributed by atoms with van der Waals surface area (Å²) in [5.41, 5.74) is 5.88. The molecule has 0 aliphatic carbocycles. The number of aromatic nitrogens is 3. The Bertz CT molecular complexity index is 1170. The second-order valence-electron chi connectivity index (χ2n) is 6.98. The van der Waals surface area contributed by atoms with Crippen molar-refractivity contribution >= 4 is 23.2 Å². The molecule has 30 heavy (non-hydrogen) atoms. The first-order valence-corrected chi connectivity index (χ1v) is 9.57. The molecule has 0 unspecified atom stereocenters. The molecule has 6 nitrogen and oxygen atoms in total. The minimum atomic E-state index is -0.174. The maximum absolute atomic E-state index is 12.7. The molecule has 6 heteroatoms. The minimum Gasteiger partial charge on any atom is -0.324 e. The van der Waals surface area contributed by atoms with Crippen LogP contribution in [0.5, 0.6) is 0 Å². The number of pyridine rings is 1. The molecule has 0 atom stereocenters. The van der Waals surface area contributed by atoms with Crippen LogP contribution < -0.4 is 10.6 Å². The van der Waals surface area contributed by atoms with Gasteiger partial charge in [-0.2, -0.15) is 0 Å². The second kappa shape index (κ2) is 8.53. The summed E-state index contributed by atoms with van der Waals surface area (Å²) in [4.78, 5) is 25.7. The van der Waals surface area contributed by atoms with E-state index in [1.807, 2.05) is 62.4 Å². The molecule has 0 bridgehead atoms. The van der Waals surface area contributed by atoms with E-state index in [-0.39, 0.29) is 5.91 Å². The van der Waals surface area contributed by atoms with Crippen molar-refractivity contribution in [1.82, 2.24) is 15.0 Å². The minimum absolute atomic E-state index is 0.174. The van der Waals surface area contributed by atoms with Crippen LogP contribution in [-0.2, 0) is 0 Å². The summed E-state index contributed by atoms with van der Waals surface area (Å²) >= 11 is 0. The van der Waals surface area contributed by atoms with Crippen molar-refractivity contribution in [2.45, 2.75) is 13.8 Å². The molecular formula is C24H21N5O. The van der Waals surface area contributed by atoms with Gasteiger partial charge in [0, 0.05) is 41.1 Å². The van der Waals surface area contributed by atoms with Crippen LogP contribution in [0.3, 0.4) is 0 Å². The number of carbonyl (C=O) groups is 1. The molecule has 4 rings (SSSR count). The van der Waals surface area contributed by atoms with Crippen LogP contribution in [0.1, 0.15) is 21.5 Å². The third-order valence-electron chi connectivity index (χ3n) is 4.67. The first kappa shape index (κ1) is 19.3. The van der Waals surface area contributed by atoms with Gasteiger partial charge in [0.25, 0.3) is 5.91 Å². The van der Waals surface area contributed by atoms with Gasteiger partial charge in [-0.3, -0.25) is 9.78 Å². The molecule has 2 aromatic carbocycles. The van der Waals surface area contributed by atoms with E-state index in [0.717, 1.165) is 33.8 Å². The van der Waals surface area contributed by atoms with Gasteiger partial charge in [-0.15, -0.1) is 0 Å². The predicted octanol–water partition coefficient (Wildman–Crippen LogP) is 5.15. The smallest absolute Gasteiger partial charge is 0.255 e. The summed E-state index contributed by atoms with van der Waals surface area (Å²) < 4.78 is 0. The van der Waals surface area contributed by atoms with E-state index in [9.17, 15) is 4.79 Å². The number of hydrogen-bond acceptors (Lipinski definition) is 5. The zero-order valence-electron chi connectivity index (χ0n) is 16.8. The molecule has 4 aromatic rings. The highest BCUT2D eigenvalue weighted by Gasteiger charge is 2.10. The van der Waals surface area contributed by atoms with Crippen molar-refractivity contribution < 1.29 is 4.79 Å². The zero-order valence-corrected chi connectivity index (χ0v) is 16.8. The van der Waals surface area contributed by atoms with Gasteiger partial charge in [-0.1, -0.05) is 23.8 Å². The lowest BCUT2D eigenvalue weighted by molar-refractivity contribution is 0.102. The average Bonchev–Trinajstić information content (AvgIpc) is 2.77. The molecule has 0 aliphatic rings. The number of nitrogens with one attached hydrogen (secondary N) is 2. The molecule has 0 saturated carbocycles. The fourth-order valence-electron chi connectivity index (χ4n) is 2.95. The molecule has 148 valence electrons. The summed E-state index contributed by atoms with van der Waals surface area (Å²) in [7, 11) is 0. The first-order chi connectivity index (χ1) is 14.6. The van der Waals surface area contributed by atoms with Crippen LogP contribution in [-0.4, -0.2) is 20.9 Å². The summed E-state index contributed by atoms with van der Waals surface area (Å²) in [6, 6.07) is 18.9. The number of carbonyl (C=O) groups excluding carboxylic acids is 1. The van der Waals surface area contributed by atoms with Gasteiger partial charge in [0.15, 0.2) is 0 Å². The number of rotatable bonds is 5. The van der Waals surface area contributed by atoms with Crippen molar-refractivity contribution in [3.63, 3.8) is 0 Å². The monoisotopic (exact) mass is 395 g/mol. The molecular weight excluding hydrogens is 374 g/mol. The van der Waals surface area contributed by atoms with Crippen molar-refractivity contribution in [3.05, 3.63) is 95.9 Å². The number of anilines is 3. The molecule has 2 aromatic heterocycles. The maximum atomic E-state index is 12.7. The summed E-state index contributed by atoms with van der Waals surface area (Å²) in [5.74, 6) is 0.280. The molecule has 0 saturated heterocycles. The Hall–Kier alpha value is -4.06. The lowest BCUT2D eigenvalue weighted by Gasteiger charge is -2.12. The van der Waals surface area contributed by atoms with Crippen molar-refractivity contribution in [1.29, 1.82) is 0 Å². The van der Waals surface area contributed by atoms with E-state index < -0.39 is 0 Å². The molecule has 0 fully saturated rings. The van der Waals surface area contributed by atoms with Crippen LogP contribution in [0.25, 0.3) is 11.3 Å². The summed E-state index contributed by atoms with van der Waals surface area (Å²) in [6.45, 7) is 3.98. The van der Waals surface area contributed by atoms with Gasteiger partial charge in [0.2, 0.25) is 5.95 Å². The highest BCUT2D eigenvalue weighted by atomic mass is 16.1. The largest absolute Gasteiger partial charge is 0.324 e. The third kappa shape index (κ3) is 4.50. The molecule has 1 amide bonds. The van der Waals surface area contributed by atoms with E-state index >= 15 is 0 Å². The molecule has 0 aliphatic heterocycles. The van der Waals surface area contributed by atoms with E-state index in [1.165, 1.54) is 0 Å². The number of aryl methyl sites for hydroxylation is 2. The quantitative estimate of drug-likeness (QED) is 0.488. The molecule has 0 spiro atoms. The predicted molar refractivity (Wildman–Crippen MR) is 119 cm³/mol. The Kier molecular flexibility index (Phi) is 5.48. The van der Waals surface area contributed by atoms with E-state index in [4.69, 9.17) is 0 Å². The number of benzene rings is 2. The van der Waals surface area contributed by atoms with E-state index in [0.29, 0.717) is 11.5 Å². The SMILES string of the molecule is Cc1ccc(NC(=O)c2ccc(C)c(Nc3nccc(-c4cccnc4)n3)c2)cc1. The normalized spacial score (nSPS) is 10.5. The number of amides is 1. The fourth-order valence-corrected chi connectivity index (χ4v) is 2.95. The standard InChI is InChI=1S/C24H21N5O/c1-16-5-9-20(10-6-16)27-23(30)18-8-7-17(2)22(14-18)29-24-26-13-11-21(28-24)19-4-3-12-25-15-19/h3-15H,1-2H3,(H,27,30)(H,26,28,29). The number of nitrogens with zero attached hydrogens (tertiary/aromatic N) is 3. The third-order valence-corrected chi connectivity index (χ3v) is 4.67. The van der Waals surface area contributed by atoms with Crippen LogP contribution in [0, 0.1) is 13.8 Å². The van der Waals surface area contributed by atoms with Gasteiger partial charge in [0.05, 0.1) is 5.69 Å². The van der Waals surface area contributed by atoms with Crippen molar-refractivity contribution in [3.8, 4) is 11.3 Å². The average molecular weight is 395 g/mol. The Morgan fingerprint density at radius 2 is 1.77 bits per heavy atom. The fraction of sp³-hybridized carbons (Fsp3) is 0.0833. The number of hydrogen-bond donors (Lipinski definition) is 2. The highest BCUT2D eigenvalue weighted by Crippen LogP contribution is 2.23. The molecule has 0 radical (unpaired) electrons. The van der Waals surface area contributed by atoms with Gasteiger partial charge < -0.3 is 10.6 Å². The van der Waals surface area contributed by atoms with E-state index in [1.54, 1.807) is 30.7 Å². The second-order valence-corrected chi connectivity index (χ2v) is 6.98. The lowest BCUT2D eigenvalue weighted by atomic mass is 10.1. The molecule has 2 heterocycles. The Morgan fingerprint density at radius 3 is 2.53 bits per heavy atom. The highest BCUT2D eigenvalue weighted by molar-refractivity contribution is 6.05. The van der Waals surface area contributed by atoms with Crippen LogP contribution in [0.15, 0.2) is 79.3 Å². The first-order valence-electron chi connectivity index (χ1n) is 9.57. The maximum Gasteiger partial charge on any atom is 0.255 e. The Morgan fingerprint density at radius 1 is 0.933 bits per heavy atom. The summed E-state index contributed by atoms with van der Waals surface area (Å²) in [5, 5.41) is 6.15. The van der Waals surface area contributed by atoms with Crippen molar-refractivity contribution in [2.75, 3.05) is 10.6 Å². The molecule has 2 N–H and O–H groups in total. The van der Waals surface area contributed by atoms with Gasteiger partial charge in [0.1, 0.15) is 0 Å². The van der Waals surface area contributed by atoms with Crippen LogP contribution in [0.2, 0.25) is 0 Å². The zero-order chi connectivity index (χ0) is 20.9. The Labute approximate surface area is 175 Å². The van der Waals surface area contributed by atoms with Gasteiger partial charge >= 0.3 is 0 Å². The Balaban J connectivity index is 1.55. The summed E-state index contributed by atoms with van der Waals surface area (Å²) in [6.07, 6.45) is 5.18.